The second-order valence-corrected chi connectivity index (χ2v) is 23.5. The number of hydroxylamine groups is 3. The summed E-state index contributed by atoms with van der Waals surface area (Å²) in [6.45, 7) is 0.142. The minimum Gasteiger partial charge on any atom is -0.633 e. The number of phenols is 3. The van der Waals surface area contributed by atoms with Crippen molar-refractivity contribution in [3.8, 4) is 34.5 Å². The Morgan fingerprint density at radius 1 is 0.595 bits per heavy atom. The van der Waals surface area contributed by atoms with Gasteiger partial charge in [0.25, 0.3) is 0 Å². The largest absolute Gasteiger partial charge is 0.633 e. The van der Waals surface area contributed by atoms with E-state index in [0.717, 1.165) is 23.2 Å². The first-order chi connectivity index (χ1) is 35.8. The number of phenolic OH excluding ortho intramolecular Hbond substituents is 3. The smallest absolute Gasteiger partial charge is 0.394 e. The molecule has 6 bridgehead atoms. The van der Waals surface area contributed by atoms with Crippen molar-refractivity contribution >= 4 is 17.3 Å². The molecule has 7 N–H and O–H groups in total. The predicted molar refractivity (Wildman–Crippen MR) is 271 cm³/mol. The quantitative estimate of drug-likeness (QED) is 0.0844. The Bertz CT molecular complexity index is 3050. The maximum absolute atomic E-state index is 13.6. The molecule has 6 fully saturated rings. The molecule has 13 atom stereocenters. The third-order valence-corrected chi connectivity index (χ3v) is 20.5. The van der Waals surface area contributed by atoms with Crippen molar-refractivity contribution in [2.24, 2.45) is 0 Å². The molecule has 6 aliphatic carbocycles. The Hall–Kier alpha value is -5.23. The van der Waals surface area contributed by atoms with Gasteiger partial charge in [0.15, 0.2) is 70.2 Å². The molecule has 22 heteroatoms. The van der Waals surface area contributed by atoms with Gasteiger partial charge in [0.2, 0.25) is 0 Å². The van der Waals surface area contributed by atoms with Crippen LogP contribution in [0.25, 0.3) is 0 Å². The van der Waals surface area contributed by atoms with Gasteiger partial charge in [0.1, 0.15) is 11.6 Å². The number of Topliss-reactive ketones (excluding diaryl/α,β-unsaturated/α-hetero) is 3. The zero-order valence-electron chi connectivity index (χ0n) is 41.1. The van der Waals surface area contributed by atoms with Gasteiger partial charge in [-0.2, -0.15) is 26.3 Å². The number of quaternary nitrogens is 1. The Balaban J connectivity index is 0.000000132. The first-order valence-electron chi connectivity index (χ1n) is 26.3. The first-order valence-corrected chi connectivity index (χ1v) is 26.3. The molecule has 3 aromatic rings. The summed E-state index contributed by atoms with van der Waals surface area (Å²) in [5.41, 5.74) is -2.08. The first kappa shape index (κ1) is 57.0. The zero-order chi connectivity index (χ0) is 53.7. The van der Waals surface area contributed by atoms with Crippen molar-refractivity contribution in [2.45, 2.75) is 194 Å². The topological polar surface area (TPSA) is 239 Å². The van der Waals surface area contributed by atoms with Gasteiger partial charge in [-0.3, -0.25) is 19.3 Å². The molecule has 6 aliphatic heterocycles. The molecule has 79 heavy (non-hydrogen) atoms. The Morgan fingerprint density at radius 2 is 1.04 bits per heavy atom. The summed E-state index contributed by atoms with van der Waals surface area (Å²) in [7, 11) is 0. The maximum atomic E-state index is 13.6. The van der Waals surface area contributed by atoms with Crippen LogP contribution in [0.15, 0.2) is 36.4 Å². The van der Waals surface area contributed by atoms with Crippen molar-refractivity contribution in [2.75, 3.05) is 32.7 Å². The molecule has 1 unspecified atom stereocenters. The summed E-state index contributed by atoms with van der Waals surface area (Å²) in [6.07, 6.45) is -10.1. The van der Waals surface area contributed by atoms with E-state index in [9.17, 15) is 76.6 Å². The normalized spacial score (nSPS) is 38.4. The molecule has 432 valence electrons. The third-order valence-electron chi connectivity index (χ3n) is 20.5. The van der Waals surface area contributed by atoms with Gasteiger partial charge in [-0.25, -0.2) is 0 Å². The van der Waals surface area contributed by atoms with Crippen LogP contribution in [-0.2, 0) is 49.9 Å². The molecule has 3 saturated heterocycles. The zero-order valence-corrected chi connectivity index (χ0v) is 41.1. The maximum Gasteiger partial charge on any atom is 0.394 e. The van der Waals surface area contributed by atoms with Crippen molar-refractivity contribution in [3.63, 3.8) is 0 Å². The Kier molecular flexibility index (Phi) is 13.1. The number of ether oxygens (including phenoxy) is 3. The molecule has 0 amide bonds. The summed E-state index contributed by atoms with van der Waals surface area (Å²) in [6, 6.07) is 8.23. The summed E-state index contributed by atoms with van der Waals surface area (Å²) < 4.78 is 93.3. The highest BCUT2D eigenvalue weighted by molar-refractivity contribution is 5.92. The Labute approximate surface area is 452 Å². The number of ketones is 3. The van der Waals surface area contributed by atoms with Crippen LogP contribution in [0.3, 0.4) is 0 Å². The van der Waals surface area contributed by atoms with Crippen LogP contribution in [-0.4, -0.2) is 156 Å². The lowest BCUT2D eigenvalue weighted by molar-refractivity contribution is -0.923. The monoisotopic (exact) mass is 1120 g/mol. The van der Waals surface area contributed by atoms with E-state index in [0.29, 0.717) is 67.5 Å². The summed E-state index contributed by atoms with van der Waals surface area (Å²) in [4.78, 5) is 39.4. The van der Waals surface area contributed by atoms with E-state index >= 15 is 0 Å². The summed E-state index contributed by atoms with van der Waals surface area (Å²) in [5, 5.41) is 82.6. The van der Waals surface area contributed by atoms with Gasteiger partial charge in [0, 0.05) is 67.4 Å². The summed E-state index contributed by atoms with van der Waals surface area (Å²) in [5.74, 6) is 0.426. The van der Waals surface area contributed by atoms with E-state index in [2.05, 4.69) is 5.32 Å². The van der Waals surface area contributed by atoms with Crippen LogP contribution in [0.1, 0.15) is 126 Å². The minimum atomic E-state index is -4.46. The fourth-order valence-corrected chi connectivity index (χ4v) is 17.3. The van der Waals surface area contributed by atoms with Gasteiger partial charge in [-0.05, 0) is 92.9 Å². The second kappa shape index (κ2) is 18.1. The Morgan fingerprint density at radius 3 is 1.54 bits per heavy atom. The fourth-order valence-electron chi connectivity index (χ4n) is 17.3. The van der Waals surface area contributed by atoms with E-state index in [4.69, 9.17) is 14.2 Å². The minimum absolute atomic E-state index is 0. The molecule has 0 aromatic heterocycles. The fraction of sp³-hybridized carbons (Fsp3) is 0.632. The number of carbonyl (C=O) groups is 3. The number of benzene rings is 3. The lowest BCUT2D eigenvalue weighted by atomic mass is 9.49. The number of hydrogen-bond donors (Lipinski definition) is 7. The number of nitrogens with zero attached hydrogens (tertiary/aromatic N) is 2. The van der Waals surface area contributed by atoms with Crippen LogP contribution < -0.4 is 19.5 Å². The van der Waals surface area contributed by atoms with Gasteiger partial charge < -0.3 is 60.0 Å². The van der Waals surface area contributed by atoms with Gasteiger partial charge in [0.05, 0.1) is 53.4 Å². The van der Waals surface area contributed by atoms with Gasteiger partial charge in [-0.1, -0.05) is 40.5 Å². The predicted octanol–water partition coefficient (Wildman–Crippen LogP) is 6.46. The number of nitrogens with one attached hydrogen (secondary N) is 1. The van der Waals surface area contributed by atoms with E-state index in [1.807, 2.05) is 6.07 Å². The number of aromatic hydroxyl groups is 3. The van der Waals surface area contributed by atoms with Crippen molar-refractivity contribution in [3.05, 3.63) is 75.0 Å². The lowest BCUT2D eigenvalue weighted by Crippen LogP contribution is -2.80. The molecule has 6 heterocycles. The summed E-state index contributed by atoms with van der Waals surface area (Å²) >= 11 is 0. The molecule has 0 radical (unpaired) electrons. The van der Waals surface area contributed by atoms with Crippen LogP contribution in [0.5, 0.6) is 34.5 Å². The van der Waals surface area contributed by atoms with Crippen molar-refractivity contribution in [1.82, 2.24) is 10.2 Å². The van der Waals surface area contributed by atoms with E-state index in [1.54, 1.807) is 23.1 Å². The standard InChI is InChI=1S/C19H20F3NO5.C19H20F3NO4.C16H17NO4.3CH4/c20-19(21,22)6-8-23(27)7-5-17-14-10-1-2-11(24)15(14)28-16(17)12(25)3-4-18(17,26)13(23)9-10;20-19(21,22)6-8-23-7-5-17-14-10-1-2-11(24)15(14)27-16(17)12(25)3-4-18(17,26)13(23)9-10;18-9-2-1-8-7-11-16(20)4-3-10(19)14-15(16,5-6-17-11)12(8)13(9)21-14;;;/h1-2,13,16,24,26H,3-9H2;1-2,13,16,24,26H,3-9H2;1-2,11,14,17-18,20H,3-7H2;3*1H4/t13-,16+,17+,18-,23?;13-,16+,17+,18-;11-,14+,15+,16-;;;/m111.../s1. The third kappa shape index (κ3) is 7.28. The number of halogens is 6. The number of aliphatic hydroxyl groups is 3. The molecular formula is C57H69F6N3O13. The van der Waals surface area contributed by atoms with Gasteiger partial charge >= 0.3 is 12.4 Å². The average molecular weight is 1120 g/mol. The molecule has 3 saturated carbocycles. The molecule has 3 aromatic carbocycles. The highest BCUT2D eigenvalue weighted by Crippen LogP contribution is 2.68. The number of hydrogen-bond acceptors (Lipinski definition) is 15. The SMILES string of the molecule is C.C.C.O=C1CC[C@@]2(O)[C@H]3Cc4ccc(O)c5c4[C@@]2(CCN3)[C@H]1O5.O=C1CC[C@@]2(O)[C@H]3Cc4ccc(O)c5c4[C@@]2(CCN3CCC(F)(F)F)[C@H]1O5.O=C1CC[C@@]2(O)[C@H]3Cc4ccc(O)c5c4[C@@]2(CC[N+]3([O-])CCC(F)(F)F)[C@H]1O5. The van der Waals surface area contributed by atoms with Crippen molar-refractivity contribution in [1.29, 1.82) is 0 Å². The van der Waals surface area contributed by atoms with Gasteiger partial charge in [-0.15, -0.1) is 0 Å². The van der Waals surface area contributed by atoms with Crippen molar-refractivity contribution < 1.29 is 90.2 Å². The highest BCUT2D eigenvalue weighted by atomic mass is 19.4. The number of alkyl halides is 6. The van der Waals surface area contributed by atoms with E-state index < -0.39 is 99.8 Å². The van der Waals surface area contributed by atoms with Crippen LogP contribution in [0, 0.1) is 5.21 Å². The van der Waals surface area contributed by atoms with Crippen LogP contribution in [0.4, 0.5) is 26.3 Å². The number of carbonyl (C=O) groups excluding carboxylic acids is 3. The van der Waals surface area contributed by atoms with E-state index in [-0.39, 0.29) is 126 Å². The van der Waals surface area contributed by atoms with E-state index in [1.165, 1.54) is 12.1 Å². The second-order valence-electron chi connectivity index (χ2n) is 23.5. The molecule has 16 nitrogen and oxygen atoms in total. The lowest BCUT2D eigenvalue weighted by Gasteiger charge is -2.67. The number of likely N-dealkylation sites (tertiary alicyclic amines) is 2. The highest BCUT2D eigenvalue weighted by Gasteiger charge is 2.77. The molecule has 12 aliphatic rings. The molecule has 3 spiro atoms. The van der Waals surface area contributed by atoms with Crippen LogP contribution in [0.2, 0.25) is 0 Å². The molecule has 15 rings (SSSR count). The number of piperidine rings is 3. The van der Waals surface area contributed by atoms with Crippen LogP contribution >= 0.6 is 0 Å². The average Bonchev–Trinajstić information content (AvgIpc) is 2.65. The molecular weight excluding hydrogens is 1050 g/mol. The number of rotatable bonds is 4.